The van der Waals surface area contributed by atoms with Crippen LogP contribution in [0.1, 0.15) is 30.4 Å². The lowest BCUT2D eigenvalue weighted by Gasteiger charge is -2.13. The zero-order valence-electron chi connectivity index (χ0n) is 19.1. The molecule has 34 heavy (non-hydrogen) atoms. The van der Waals surface area contributed by atoms with Gasteiger partial charge < -0.3 is 14.2 Å². The predicted molar refractivity (Wildman–Crippen MR) is 126 cm³/mol. The molecule has 0 radical (unpaired) electrons. The van der Waals surface area contributed by atoms with Crippen LogP contribution in [0.2, 0.25) is 5.02 Å². The van der Waals surface area contributed by atoms with Gasteiger partial charge in [0, 0.05) is 42.6 Å². The number of ketones is 1. The summed E-state index contributed by atoms with van der Waals surface area (Å²) in [6.07, 6.45) is 5.34. The molecule has 2 aromatic carbocycles. The molecule has 0 spiro atoms. The predicted octanol–water partition coefficient (Wildman–Crippen LogP) is 5.34. The van der Waals surface area contributed by atoms with Gasteiger partial charge in [-0.05, 0) is 61.1 Å². The molecule has 0 bridgehead atoms. The Labute approximate surface area is 203 Å². The van der Waals surface area contributed by atoms with Crippen molar-refractivity contribution in [3.05, 3.63) is 58.7 Å². The van der Waals surface area contributed by atoms with Gasteiger partial charge in [0.15, 0.2) is 0 Å². The number of Topliss-reactive ketones (excluding diaryl/α,β-unsaturated/α-hetero) is 1. The molecule has 1 fully saturated rings. The Morgan fingerprint density at radius 2 is 1.88 bits per heavy atom. The molecule has 0 aliphatic heterocycles. The zero-order valence-corrected chi connectivity index (χ0v) is 19.9. The van der Waals surface area contributed by atoms with Gasteiger partial charge in [0.05, 0.1) is 12.1 Å². The van der Waals surface area contributed by atoms with Gasteiger partial charge in [-0.15, -0.1) is 0 Å². The molecule has 8 heteroatoms. The quantitative estimate of drug-likeness (QED) is 0.359. The number of nitrogens with zero attached hydrogens (tertiary/aromatic N) is 1. The van der Waals surface area contributed by atoms with E-state index < -0.39 is 0 Å². The smallest absolute Gasteiger partial charge is 0.373 e. The number of carbonyl (C=O) groups is 1. The summed E-state index contributed by atoms with van der Waals surface area (Å²) in [7, 11) is 1.65. The van der Waals surface area contributed by atoms with E-state index >= 15 is 0 Å². The number of aromatic nitrogens is 1. The average Bonchev–Trinajstić information content (AvgIpc) is 3.61. The second-order valence-corrected chi connectivity index (χ2v) is 8.49. The molecule has 178 valence electrons. The second-order valence-electron chi connectivity index (χ2n) is 8.09. The Hall–Kier alpha value is -3.25. The zero-order chi connectivity index (χ0) is 24.5. The highest BCUT2D eigenvalue weighted by Gasteiger charge is 2.24. The van der Waals surface area contributed by atoms with Gasteiger partial charge in [0.1, 0.15) is 29.6 Å². The van der Waals surface area contributed by atoms with E-state index in [0.717, 1.165) is 27.8 Å². The number of hydrogen-bond donors (Lipinski definition) is 0. The molecule has 3 aromatic rings. The van der Waals surface area contributed by atoms with Crippen molar-refractivity contribution in [2.24, 2.45) is 5.92 Å². The first-order chi connectivity index (χ1) is 16.4. The lowest BCUT2D eigenvalue weighted by Crippen LogP contribution is -2.05. The molecule has 1 saturated carbocycles. The van der Waals surface area contributed by atoms with Crippen molar-refractivity contribution in [2.45, 2.75) is 32.6 Å². The molecule has 4 rings (SSSR count). The van der Waals surface area contributed by atoms with Crippen molar-refractivity contribution in [3.8, 4) is 17.2 Å². The highest BCUT2D eigenvalue weighted by molar-refractivity contribution is 6.31. The highest BCUT2D eigenvalue weighted by Crippen LogP contribution is 2.35. The molecule has 1 heterocycles. The van der Waals surface area contributed by atoms with Crippen LogP contribution in [0.15, 0.2) is 42.6 Å². The minimum absolute atomic E-state index is 0.247. The summed E-state index contributed by atoms with van der Waals surface area (Å²) >= 11 is 6.45. The largest absolute Gasteiger partial charge is 0.491 e. The third kappa shape index (κ3) is 7.12. The van der Waals surface area contributed by atoms with Crippen LogP contribution in [-0.2, 0) is 25.5 Å². The molecule has 0 amide bonds. The number of aryl methyl sites for hydroxylation is 1. The van der Waals surface area contributed by atoms with Crippen LogP contribution in [0.5, 0.6) is 17.2 Å². The number of rotatable bonds is 10. The van der Waals surface area contributed by atoms with Crippen LogP contribution in [-0.4, -0.2) is 37.2 Å². The van der Waals surface area contributed by atoms with Crippen molar-refractivity contribution in [1.82, 2.24) is 4.98 Å². The van der Waals surface area contributed by atoms with Crippen LogP contribution < -0.4 is 9.47 Å². The fourth-order valence-electron chi connectivity index (χ4n) is 3.53. The number of benzene rings is 2. The van der Waals surface area contributed by atoms with Gasteiger partial charge in [0.2, 0.25) is 0 Å². The molecule has 1 aliphatic rings. The SMILES string of the molecule is COCCOc1cc2nccc(Oc3ccc(CC(=O)CC4CC4)c(Cl)c3)c2cc1C.O=C=O. The van der Waals surface area contributed by atoms with E-state index in [1.165, 1.54) is 12.8 Å². The molecular formula is C26H26ClNO6. The summed E-state index contributed by atoms with van der Waals surface area (Å²) in [5.74, 6) is 2.91. The summed E-state index contributed by atoms with van der Waals surface area (Å²) in [6.45, 7) is 2.99. The normalized spacial score (nSPS) is 12.4. The van der Waals surface area contributed by atoms with Crippen LogP contribution >= 0.6 is 11.6 Å². The molecule has 1 aromatic heterocycles. The van der Waals surface area contributed by atoms with Gasteiger partial charge in [-0.3, -0.25) is 9.78 Å². The lowest BCUT2D eigenvalue weighted by atomic mass is 10.0. The number of halogens is 1. The highest BCUT2D eigenvalue weighted by atomic mass is 35.5. The summed E-state index contributed by atoms with van der Waals surface area (Å²) in [5.41, 5.74) is 2.61. The van der Waals surface area contributed by atoms with E-state index in [-0.39, 0.29) is 11.9 Å². The first-order valence-electron chi connectivity index (χ1n) is 10.9. The Bertz CT molecular complexity index is 1190. The Kier molecular flexibility index (Phi) is 9.16. The van der Waals surface area contributed by atoms with Crippen LogP contribution in [0.3, 0.4) is 0 Å². The number of hydrogen-bond acceptors (Lipinski definition) is 7. The van der Waals surface area contributed by atoms with Crippen molar-refractivity contribution >= 4 is 34.4 Å². The van der Waals surface area contributed by atoms with Crippen molar-refractivity contribution in [1.29, 1.82) is 0 Å². The minimum Gasteiger partial charge on any atom is -0.491 e. The molecule has 0 saturated heterocycles. The van der Waals surface area contributed by atoms with Crippen molar-refractivity contribution in [3.63, 3.8) is 0 Å². The van der Waals surface area contributed by atoms with Crippen molar-refractivity contribution in [2.75, 3.05) is 20.3 Å². The van der Waals surface area contributed by atoms with E-state index in [1.54, 1.807) is 19.4 Å². The Morgan fingerprint density at radius 3 is 2.56 bits per heavy atom. The van der Waals surface area contributed by atoms with E-state index in [0.29, 0.717) is 48.5 Å². The molecule has 0 unspecified atom stereocenters. The monoisotopic (exact) mass is 483 g/mol. The first-order valence-corrected chi connectivity index (χ1v) is 11.3. The minimum atomic E-state index is 0.247. The standard InChI is InChI=1S/C25H26ClNO4.CO2/c1-16-11-21-23(15-25(16)30-10-9-29-2)27-8-7-24(21)31-20-6-5-18(22(26)14-20)13-19(28)12-17-3-4-17;2-1-3/h5-8,11,14-15,17H,3-4,9-10,12-13H2,1-2H3;. The summed E-state index contributed by atoms with van der Waals surface area (Å²) in [6, 6.07) is 11.2. The molecular weight excluding hydrogens is 458 g/mol. The molecule has 0 N–H and O–H groups in total. The van der Waals surface area contributed by atoms with Gasteiger partial charge in [-0.2, -0.15) is 9.59 Å². The number of fused-ring (bicyclic) bond motifs is 1. The fourth-order valence-corrected chi connectivity index (χ4v) is 3.76. The second kappa shape index (κ2) is 12.3. The molecule has 7 nitrogen and oxygen atoms in total. The molecule has 1 aliphatic carbocycles. The summed E-state index contributed by atoms with van der Waals surface area (Å²) < 4.78 is 17.0. The fraction of sp³-hybridized carbons (Fsp3) is 0.346. The van der Waals surface area contributed by atoms with Gasteiger partial charge in [-0.1, -0.05) is 17.7 Å². The Balaban J connectivity index is 0.00000103. The van der Waals surface area contributed by atoms with Crippen LogP contribution in [0.4, 0.5) is 0 Å². The number of pyridine rings is 1. The molecule has 0 atom stereocenters. The third-order valence-corrected chi connectivity index (χ3v) is 5.75. The topological polar surface area (TPSA) is 91.8 Å². The average molecular weight is 484 g/mol. The number of ether oxygens (including phenoxy) is 3. The maximum Gasteiger partial charge on any atom is 0.373 e. The summed E-state index contributed by atoms with van der Waals surface area (Å²) in [4.78, 5) is 32.9. The van der Waals surface area contributed by atoms with E-state index in [9.17, 15) is 4.79 Å². The maximum absolute atomic E-state index is 12.2. The first kappa shape index (κ1) is 25.4. The third-order valence-electron chi connectivity index (χ3n) is 5.40. The van der Waals surface area contributed by atoms with Crippen LogP contribution in [0, 0.1) is 12.8 Å². The van der Waals surface area contributed by atoms with E-state index in [4.69, 9.17) is 35.4 Å². The van der Waals surface area contributed by atoms with Gasteiger partial charge >= 0.3 is 6.15 Å². The van der Waals surface area contributed by atoms with E-state index in [1.807, 2.05) is 37.3 Å². The number of methoxy groups -OCH3 is 1. The van der Waals surface area contributed by atoms with E-state index in [2.05, 4.69) is 4.98 Å². The van der Waals surface area contributed by atoms with Gasteiger partial charge in [-0.25, -0.2) is 0 Å². The van der Waals surface area contributed by atoms with Gasteiger partial charge in [0.25, 0.3) is 0 Å². The Morgan fingerprint density at radius 1 is 1.12 bits per heavy atom. The maximum atomic E-state index is 12.2. The van der Waals surface area contributed by atoms with Crippen molar-refractivity contribution < 1.29 is 28.6 Å². The van der Waals surface area contributed by atoms with Crippen LogP contribution in [0.25, 0.3) is 10.9 Å². The number of carbonyl (C=O) groups excluding carboxylic acids is 3. The lowest BCUT2D eigenvalue weighted by molar-refractivity contribution is -0.191. The summed E-state index contributed by atoms with van der Waals surface area (Å²) in [5, 5.41) is 1.43.